The van der Waals surface area contributed by atoms with Gasteiger partial charge in [0.05, 0.1) is 4.91 Å². The fraction of sp³-hybridized carbons (Fsp3) is 0.318. The third-order valence-electron chi connectivity index (χ3n) is 4.66. The van der Waals surface area contributed by atoms with Crippen LogP contribution in [0.1, 0.15) is 55.2 Å². The molecule has 0 fully saturated rings. The summed E-state index contributed by atoms with van der Waals surface area (Å²) in [5.41, 5.74) is 3.50. The highest BCUT2D eigenvalue weighted by Gasteiger charge is 2.29. The summed E-state index contributed by atoms with van der Waals surface area (Å²) in [6.07, 6.45) is 0.986. The largest absolute Gasteiger partial charge is 0.511 e. The molecule has 3 heteroatoms. The first-order valence-electron chi connectivity index (χ1n) is 8.74. The molecule has 1 aliphatic rings. The first-order chi connectivity index (χ1) is 12.0. The summed E-state index contributed by atoms with van der Waals surface area (Å²) in [6, 6.07) is 16.3. The Morgan fingerprint density at radius 2 is 1.80 bits per heavy atom. The molecule has 1 unspecified atom stereocenters. The number of aryl methyl sites for hydroxylation is 1. The lowest BCUT2D eigenvalue weighted by atomic mass is 9.86. The van der Waals surface area contributed by atoms with Gasteiger partial charge < -0.3 is 5.11 Å². The number of hydrogen-bond donors (Lipinski definition) is 1. The molecule has 0 amide bonds. The fourth-order valence-corrected chi connectivity index (χ4v) is 4.55. The number of aliphatic hydroxyl groups excluding tert-OH is 1. The van der Waals surface area contributed by atoms with Crippen molar-refractivity contribution in [3.63, 3.8) is 0 Å². The van der Waals surface area contributed by atoms with Gasteiger partial charge in [0.1, 0.15) is 5.76 Å². The molecule has 0 aromatic heterocycles. The average Bonchev–Trinajstić information content (AvgIpc) is 2.58. The molecular formula is C22H24O2S. The predicted octanol–water partition coefficient (Wildman–Crippen LogP) is 6.13. The van der Waals surface area contributed by atoms with Crippen molar-refractivity contribution in [3.05, 3.63) is 75.9 Å². The molecule has 1 aliphatic carbocycles. The zero-order valence-electron chi connectivity index (χ0n) is 15.0. The monoisotopic (exact) mass is 352 g/mol. The minimum absolute atomic E-state index is 0.0406. The van der Waals surface area contributed by atoms with Crippen LogP contribution in [-0.4, -0.2) is 10.9 Å². The van der Waals surface area contributed by atoms with Crippen LogP contribution >= 0.6 is 11.8 Å². The molecule has 0 radical (unpaired) electrons. The van der Waals surface area contributed by atoms with Crippen molar-refractivity contribution in [2.75, 3.05) is 0 Å². The summed E-state index contributed by atoms with van der Waals surface area (Å²) in [5.74, 6) is 0.715. The molecule has 0 aliphatic heterocycles. The van der Waals surface area contributed by atoms with E-state index < -0.39 is 0 Å². The first kappa shape index (κ1) is 17.8. The van der Waals surface area contributed by atoms with Crippen molar-refractivity contribution in [1.29, 1.82) is 0 Å². The van der Waals surface area contributed by atoms with E-state index in [1.807, 2.05) is 30.3 Å². The van der Waals surface area contributed by atoms with Crippen LogP contribution in [0.25, 0.3) is 0 Å². The molecule has 0 saturated heterocycles. The van der Waals surface area contributed by atoms with Gasteiger partial charge in [0, 0.05) is 17.7 Å². The van der Waals surface area contributed by atoms with Gasteiger partial charge in [-0.2, -0.15) is 0 Å². The SMILES string of the molecule is Cc1ccc(C(C)C)c(SC2=C(O)CC(c3ccccc3)CC2=O)c1. The molecule has 0 heterocycles. The summed E-state index contributed by atoms with van der Waals surface area (Å²) >= 11 is 1.43. The van der Waals surface area contributed by atoms with Gasteiger partial charge in [0.2, 0.25) is 0 Å². The number of aliphatic hydroxyl groups is 1. The van der Waals surface area contributed by atoms with E-state index in [4.69, 9.17) is 0 Å². The smallest absolute Gasteiger partial charge is 0.173 e. The van der Waals surface area contributed by atoms with E-state index in [1.165, 1.54) is 17.3 Å². The van der Waals surface area contributed by atoms with Crippen molar-refractivity contribution in [2.45, 2.75) is 50.3 Å². The van der Waals surface area contributed by atoms with Crippen LogP contribution in [0.15, 0.2) is 64.1 Å². The Labute approximate surface area is 154 Å². The standard InChI is InChI=1S/C22H24O2S/c1-14(2)18-10-9-15(3)11-21(18)25-22-19(23)12-17(13-20(22)24)16-7-5-4-6-8-16/h4-11,14,17,23H,12-13H2,1-3H3. The minimum Gasteiger partial charge on any atom is -0.511 e. The lowest BCUT2D eigenvalue weighted by molar-refractivity contribution is -0.115. The van der Waals surface area contributed by atoms with Crippen LogP contribution in [-0.2, 0) is 4.79 Å². The predicted molar refractivity (Wildman–Crippen MR) is 104 cm³/mol. The number of carbonyl (C=O) groups is 1. The van der Waals surface area contributed by atoms with Gasteiger partial charge in [-0.25, -0.2) is 0 Å². The molecule has 2 nitrogen and oxygen atoms in total. The second kappa shape index (κ2) is 7.49. The molecule has 2 aromatic carbocycles. The van der Waals surface area contributed by atoms with E-state index in [9.17, 15) is 9.90 Å². The molecule has 0 bridgehead atoms. The number of thioether (sulfide) groups is 1. The molecule has 2 aromatic rings. The average molecular weight is 352 g/mol. The maximum absolute atomic E-state index is 12.7. The molecule has 25 heavy (non-hydrogen) atoms. The van der Waals surface area contributed by atoms with Gasteiger partial charge >= 0.3 is 0 Å². The van der Waals surface area contributed by atoms with Crippen molar-refractivity contribution in [2.24, 2.45) is 0 Å². The van der Waals surface area contributed by atoms with Gasteiger partial charge in [-0.05, 0) is 41.5 Å². The molecule has 1 atom stereocenters. The van der Waals surface area contributed by atoms with Gasteiger partial charge in [-0.1, -0.05) is 68.1 Å². The molecule has 1 N–H and O–H groups in total. The second-order valence-corrected chi connectivity index (χ2v) is 8.07. The number of hydrogen-bond acceptors (Lipinski definition) is 3. The van der Waals surface area contributed by atoms with Crippen LogP contribution in [0.3, 0.4) is 0 Å². The summed E-state index contributed by atoms with van der Waals surface area (Å²) in [6.45, 7) is 6.35. The van der Waals surface area contributed by atoms with Crippen molar-refractivity contribution in [3.8, 4) is 0 Å². The van der Waals surface area contributed by atoms with Gasteiger partial charge in [0.25, 0.3) is 0 Å². The number of ketones is 1. The third kappa shape index (κ3) is 3.98. The van der Waals surface area contributed by atoms with Gasteiger partial charge in [-0.15, -0.1) is 0 Å². The molecule has 0 spiro atoms. The summed E-state index contributed by atoms with van der Waals surface area (Å²) < 4.78 is 0. The van der Waals surface area contributed by atoms with E-state index >= 15 is 0 Å². The summed E-state index contributed by atoms with van der Waals surface area (Å²) in [5, 5.41) is 10.6. The highest BCUT2D eigenvalue weighted by molar-refractivity contribution is 8.04. The molecule has 3 rings (SSSR count). The number of carbonyl (C=O) groups excluding carboxylic acids is 1. The number of rotatable bonds is 4. The van der Waals surface area contributed by atoms with E-state index in [0.29, 0.717) is 23.7 Å². The zero-order valence-corrected chi connectivity index (χ0v) is 15.8. The van der Waals surface area contributed by atoms with Crippen LogP contribution in [0.4, 0.5) is 0 Å². The number of Topliss-reactive ketones (excluding diaryl/α,β-unsaturated/α-hetero) is 1. The highest BCUT2D eigenvalue weighted by atomic mass is 32.2. The Morgan fingerprint density at radius 1 is 1.08 bits per heavy atom. The van der Waals surface area contributed by atoms with Crippen molar-refractivity contribution < 1.29 is 9.90 Å². The number of allylic oxidation sites excluding steroid dienone is 2. The molecule has 130 valence electrons. The summed E-state index contributed by atoms with van der Waals surface area (Å²) in [7, 11) is 0. The Bertz CT molecular complexity index is 806. The van der Waals surface area contributed by atoms with E-state index in [-0.39, 0.29) is 17.5 Å². The quantitative estimate of drug-likeness (QED) is 0.719. The number of benzene rings is 2. The summed E-state index contributed by atoms with van der Waals surface area (Å²) in [4.78, 5) is 14.3. The van der Waals surface area contributed by atoms with Gasteiger partial charge in [0.15, 0.2) is 5.78 Å². The maximum Gasteiger partial charge on any atom is 0.173 e. The normalized spacial score (nSPS) is 18.1. The van der Waals surface area contributed by atoms with Crippen LogP contribution in [0.2, 0.25) is 0 Å². The Kier molecular flexibility index (Phi) is 5.33. The first-order valence-corrected chi connectivity index (χ1v) is 9.56. The van der Waals surface area contributed by atoms with Crippen LogP contribution < -0.4 is 0 Å². The van der Waals surface area contributed by atoms with Crippen molar-refractivity contribution >= 4 is 17.5 Å². The van der Waals surface area contributed by atoms with E-state index in [0.717, 1.165) is 16.0 Å². The van der Waals surface area contributed by atoms with Gasteiger partial charge in [-0.3, -0.25) is 4.79 Å². The molecule has 0 saturated carbocycles. The maximum atomic E-state index is 12.7. The Hall–Kier alpha value is -2.00. The van der Waals surface area contributed by atoms with Crippen LogP contribution in [0, 0.1) is 6.92 Å². The van der Waals surface area contributed by atoms with E-state index in [2.05, 4.69) is 39.0 Å². The second-order valence-electron chi connectivity index (χ2n) is 7.01. The Morgan fingerprint density at radius 3 is 2.44 bits per heavy atom. The fourth-order valence-electron chi connectivity index (χ4n) is 3.27. The zero-order chi connectivity index (χ0) is 18.0. The lowest BCUT2D eigenvalue weighted by Gasteiger charge is -2.24. The topological polar surface area (TPSA) is 37.3 Å². The Balaban J connectivity index is 1.88. The third-order valence-corrected chi connectivity index (χ3v) is 5.90. The van der Waals surface area contributed by atoms with E-state index in [1.54, 1.807) is 0 Å². The van der Waals surface area contributed by atoms with Crippen molar-refractivity contribution in [1.82, 2.24) is 0 Å². The molecular weight excluding hydrogens is 328 g/mol. The lowest BCUT2D eigenvalue weighted by Crippen LogP contribution is -2.17. The minimum atomic E-state index is 0.0406. The van der Waals surface area contributed by atoms with Crippen LogP contribution in [0.5, 0.6) is 0 Å². The highest BCUT2D eigenvalue weighted by Crippen LogP contribution is 2.42.